The van der Waals surface area contributed by atoms with Crippen LogP contribution in [-0.2, 0) is 10.0 Å². The molecule has 29 heavy (non-hydrogen) atoms. The van der Waals surface area contributed by atoms with Crippen LogP contribution >= 0.6 is 11.3 Å². The zero-order valence-corrected chi connectivity index (χ0v) is 18.8. The zero-order valence-electron chi connectivity index (χ0n) is 17.1. The number of carbonyl (C=O) groups excluding carboxylic acids is 1. The Bertz CT molecular complexity index is 934. The number of nitrogens with zero attached hydrogens (tertiary/aromatic N) is 1. The van der Waals surface area contributed by atoms with Crippen molar-refractivity contribution in [3.05, 3.63) is 51.7 Å². The molecule has 1 atom stereocenters. The standard InChI is InChI=1S/C21H29N3O3S2/c1-15(2)23-29(26,27)17-9-8-16(3)18(13-17)21(25)22-14-19(20-7-6-12-28-20)24-10-4-5-11-24/h6-9,12-13,15,19,23H,4-5,10-11,14H2,1-3H3,(H,22,25). The minimum absolute atomic E-state index is 0.108. The maximum absolute atomic E-state index is 12.9. The third-order valence-electron chi connectivity index (χ3n) is 5.06. The molecule has 0 bridgehead atoms. The van der Waals surface area contributed by atoms with Gasteiger partial charge in [0.25, 0.3) is 5.91 Å². The van der Waals surface area contributed by atoms with E-state index in [1.54, 1.807) is 31.3 Å². The fourth-order valence-electron chi connectivity index (χ4n) is 3.62. The summed E-state index contributed by atoms with van der Waals surface area (Å²) in [5.41, 5.74) is 1.14. The molecule has 1 aliphatic heterocycles. The summed E-state index contributed by atoms with van der Waals surface area (Å²) in [5, 5.41) is 5.09. The van der Waals surface area contributed by atoms with Crippen molar-refractivity contribution < 1.29 is 13.2 Å². The van der Waals surface area contributed by atoms with Crippen LogP contribution in [0.25, 0.3) is 0 Å². The van der Waals surface area contributed by atoms with Gasteiger partial charge in [-0.1, -0.05) is 12.1 Å². The molecule has 0 spiro atoms. The molecular weight excluding hydrogens is 406 g/mol. The Balaban J connectivity index is 1.76. The van der Waals surface area contributed by atoms with Crippen molar-refractivity contribution >= 4 is 27.3 Å². The number of rotatable bonds is 8. The van der Waals surface area contributed by atoms with Crippen molar-refractivity contribution in [2.24, 2.45) is 0 Å². The normalized spacial score (nSPS) is 16.3. The summed E-state index contributed by atoms with van der Waals surface area (Å²) in [6.45, 7) is 7.92. The molecule has 158 valence electrons. The highest BCUT2D eigenvalue weighted by atomic mass is 32.2. The van der Waals surface area contributed by atoms with Gasteiger partial charge in [-0.25, -0.2) is 13.1 Å². The van der Waals surface area contributed by atoms with Gasteiger partial charge in [0, 0.05) is 23.0 Å². The Morgan fingerprint density at radius 3 is 2.55 bits per heavy atom. The summed E-state index contributed by atoms with van der Waals surface area (Å²) in [6.07, 6.45) is 2.36. The van der Waals surface area contributed by atoms with Gasteiger partial charge in [0.15, 0.2) is 0 Å². The zero-order chi connectivity index (χ0) is 21.0. The number of thiophene rings is 1. The Labute approximate surface area is 177 Å². The van der Waals surface area contributed by atoms with Crippen molar-refractivity contribution in [3.8, 4) is 0 Å². The van der Waals surface area contributed by atoms with E-state index in [4.69, 9.17) is 0 Å². The van der Waals surface area contributed by atoms with Crippen LogP contribution in [-0.4, -0.2) is 44.9 Å². The van der Waals surface area contributed by atoms with Crippen LogP contribution in [0, 0.1) is 6.92 Å². The first-order chi connectivity index (χ1) is 13.8. The van der Waals surface area contributed by atoms with Crippen molar-refractivity contribution in [3.63, 3.8) is 0 Å². The molecule has 8 heteroatoms. The molecule has 1 aliphatic rings. The van der Waals surface area contributed by atoms with E-state index < -0.39 is 10.0 Å². The number of benzene rings is 1. The van der Waals surface area contributed by atoms with E-state index in [-0.39, 0.29) is 22.9 Å². The molecule has 1 fully saturated rings. The molecule has 0 aliphatic carbocycles. The van der Waals surface area contributed by atoms with Crippen LogP contribution < -0.4 is 10.0 Å². The molecule has 3 rings (SSSR count). The Morgan fingerprint density at radius 2 is 1.93 bits per heavy atom. The van der Waals surface area contributed by atoms with Gasteiger partial charge < -0.3 is 5.32 Å². The quantitative estimate of drug-likeness (QED) is 0.667. The molecule has 0 radical (unpaired) electrons. The maximum Gasteiger partial charge on any atom is 0.251 e. The molecule has 2 aromatic rings. The summed E-state index contributed by atoms with van der Waals surface area (Å²) in [5.74, 6) is -0.246. The van der Waals surface area contributed by atoms with Gasteiger partial charge in [0.2, 0.25) is 10.0 Å². The summed E-state index contributed by atoms with van der Waals surface area (Å²) < 4.78 is 27.5. The number of aryl methyl sites for hydroxylation is 1. The lowest BCUT2D eigenvalue weighted by molar-refractivity contribution is 0.0937. The van der Waals surface area contributed by atoms with Crippen molar-refractivity contribution in [2.45, 2.75) is 50.6 Å². The highest BCUT2D eigenvalue weighted by molar-refractivity contribution is 7.89. The Hall–Kier alpha value is -1.74. The highest BCUT2D eigenvalue weighted by Crippen LogP contribution is 2.28. The third-order valence-corrected chi connectivity index (χ3v) is 7.69. The van der Waals surface area contributed by atoms with E-state index in [2.05, 4.69) is 26.4 Å². The van der Waals surface area contributed by atoms with Crippen LogP contribution in [0.15, 0.2) is 40.6 Å². The number of amides is 1. The van der Waals surface area contributed by atoms with E-state index >= 15 is 0 Å². The minimum atomic E-state index is -3.65. The van der Waals surface area contributed by atoms with Crippen molar-refractivity contribution in [1.82, 2.24) is 14.9 Å². The first kappa shape index (κ1) is 22.0. The summed E-state index contributed by atoms with van der Waals surface area (Å²) >= 11 is 1.70. The minimum Gasteiger partial charge on any atom is -0.350 e. The first-order valence-corrected chi connectivity index (χ1v) is 12.3. The number of hydrogen-bond donors (Lipinski definition) is 2. The number of likely N-dealkylation sites (tertiary alicyclic amines) is 1. The number of carbonyl (C=O) groups is 1. The molecule has 1 saturated heterocycles. The molecule has 1 aromatic heterocycles. The monoisotopic (exact) mass is 435 g/mol. The molecular formula is C21H29N3O3S2. The van der Waals surface area contributed by atoms with Crippen LogP contribution in [0.1, 0.15) is 53.5 Å². The van der Waals surface area contributed by atoms with Crippen LogP contribution in [0.5, 0.6) is 0 Å². The van der Waals surface area contributed by atoms with E-state index in [0.717, 1.165) is 18.7 Å². The van der Waals surface area contributed by atoms with Crippen molar-refractivity contribution in [1.29, 1.82) is 0 Å². The second-order valence-electron chi connectivity index (χ2n) is 7.74. The van der Waals surface area contributed by atoms with Crippen LogP contribution in [0.2, 0.25) is 0 Å². The number of sulfonamides is 1. The highest BCUT2D eigenvalue weighted by Gasteiger charge is 2.25. The molecule has 2 heterocycles. The average molecular weight is 436 g/mol. The van der Waals surface area contributed by atoms with Crippen molar-refractivity contribution in [2.75, 3.05) is 19.6 Å². The van der Waals surface area contributed by atoms with E-state index in [9.17, 15) is 13.2 Å². The smallest absolute Gasteiger partial charge is 0.251 e. The summed E-state index contributed by atoms with van der Waals surface area (Å²) in [6, 6.07) is 8.75. The third kappa shape index (κ3) is 5.45. The van der Waals surface area contributed by atoms with Gasteiger partial charge in [0.1, 0.15) is 0 Å². The topological polar surface area (TPSA) is 78.5 Å². The second kappa shape index (κ2) is 9.38. The molecule has 1 amide bonds. The van der Waals surface area contributed by atoms with Gasteiger partial charge in [-0.05, 0) is 75.8 Å². The average Bonchev–Trinajstić information content (AvgIpc) is 3.35. The molecule has 1 aromatic carbocycles. The van der Waals surface area contributed by atoms with Crippen LogP contribution in [0.4, 0.5) is 0 Å². The number of nitrogens with one attached hydrogen (secondary N) is 2. The Morgan fingerprint density at radius 1 is 1.21 bits per heavy atom. The predicted octanol–water partition coefficient (Wildman–Crippen LogP) is 3.31. The van der Waals surface area contributed by atoms with Gasteiger partial charge in [-0.15, -0.1) is 11.3 Å². The second-order valence-corrected chi connectivity index (χ2v) is 10.4. The lowest BCUT2D eigenvalue weighted by atomic mass is 10.1. The van der Waals surface area contributed by atoms with E-state index in [1.807, 2.05) is 13.0 Å². The fraction of sp³-hybridized carbons (Fsp3) is 0.476. The number of hydrogen-bond acceptors (Lipinski definition) is 5. The fourth-order valence-corrected chi connectivity index (χ4v) is 5.76. The van der Waals surface area contributed by atoms with E-state index in [0.29, 0.717) is 12.1 Å². The summed E-state index contributed by atoms with van der Waals surface area (Å²) in [7, 11) is -3.65. The van der Waals surface area contributed by atoms with Gasteiger partial charge in [0.05, 0.1) is 10.9 Å². The summed E-state index contributed by atoms with van der Waals surface area (Å²) in [4.78, 5) is 16.7. The van der Waals surface area contributed by atoms with Gasteiger partial charge in [-0.2, -0.15) is 0 Å². The lowest BCUT2D eigenvalue weighted by Crippen LogP contribution is -2.36. The lowest BCUT2D eigenvalue weighted by Gasteiger charge is -2.27. The molecule has 2 N–H and O–H groups in total. The van der Waals surface area contributed by atoms with Crippen LogP contribution in [0.3, 0.4) is 0 Å². The van der Waals surface area contributed by atoms with E-state index in [1.165, 1.54) is 29.9 Å². The Kier molecular flexibility index (Phi) is 7.10. The largest absolute Gasteiger partial charge is 0.350 e. The molecule has 6 nitrogen and oxygen atoms in total. The molecule has 0 saturated carbocycles. The predicted molar refractivity (Wildman–Crippen MR) is 117 cm³/mol. The molecule has 1 unspecified atom stereocenters. The first-order valence-electron chi connectivity index (χ1n) is 9.96. The van der Waals surface area contributed by atoms with Gasteiger partial charge >= 0.3 is 0 Å². The van der Waals surface area contributed by atoms with Gasteiger partial charge in [-0.3, -0.25) is 9.69 Å². The SMILES string of the molecule is Cc1ccc(S(=O)(=O)NC(C)C)cc1C(=O)NCC(c1cccs1)N1CCCC1. The maximum atomic E-state index is 12.9.